The zero-order valence-electron chi connectivity index (χ0n) is 16.3. The first kappa shape index (κ1) is 21.2. The molecule has 2 amide bonds. The van der Waals surface area contributed by atoms with Gasteiger partial charge in [-0.25, -0.2) is 13.2 Å². The predicted molar refractivity (Wildman–Crippen MR) is 103 cm³/mol. The highest BCUT2D eigenvalue weighted by molar-refractivity contribution is 7.91. The van der Waals surface area contributed by atoms with Gasteiger partial charge in [-0.1, -0.05) is 30.3 Å². The van der Waals surface area contributed by atoms with Crippen molar-refractivity contribution in [2.45, 2.75) is 51.3 Å². The van der Waals surface area contributed by atoms with Crippen LogP contribution in [0.1, 0.15) is 32.8 Å². The van der Waals surface area contributed by atoms with Crippen LogP contribution in [0.5, 0.6) is 0 Å². The van der Waals surface area contributed by atoms with E-state index >= 15 is 0 Å². The number of amides is 2. The molecule has 2 atom stereocenters. The Bertz CT molecular complexity index is 771. The Balaban J connectivity index is 2.14. The van der Waals surface area contributed by atoms with Gasteiger partial charge < -0.3 is 15.0 Å². The summed E-state index contributed by atoms with van der Waals surface area (Å²) in [6.07, 6.45) is 0.0295. The number of benzene rings is 1. The molecule has 150 valence electrons. The van der Waals surface area contributed by atoms with E-state index in [4.69, 9.17) is 4.74 Å². The number of nitrogens with one attached hydrogen (secondary N) is 1. The van der Waals surface area contributed by atoms with E-state index < -0.39 is 27.6 Å². The van der Waals surface area contributed by atoms with E-state index in [9.17, 15) is 18.0 Å². The van der Waals surface area contributed by atoms with Gasteiger partial charge >= 0.3 is 6.09 Å². The fraction of sp³-hybridized carbons (Fsp3) is 0.579. The fourth-order valence-electron chi connectivity index (χ4n) is 3.01. The zero-order valence-corrected chi connectivity index (χ0v) is 17.1. The summed E-state index contributed by atoms with van der Waals surface area (Å²) in [5.74, 6) is -0.287. The van der Waals surface area contributed by atoms with Gasteiger partial charge in [0.1, 0.15) is 11.6 Å². The third kappa shape index (κ3) is 6.53. The number of nitrogens with zero attached hydrogens (tertiary/aromatic N) is 1. The molecule has 0 spiro atoms. The molecule has 0 saturated carbocycles. The van der Waals surface area contributed by atoms with E-state index in [0.717, 1.165) is 5.56 Å². The molecule has 0 aliphatic carbocycles. The Labute approximate surface area is 161 Å². The van der Waals surface area contributed by atoms with Crippen LogP contribution in [0.2, 0.25) is 0 Å². The Morgan fingerprint density at radius 3 is 2.41 bits per heavy atom. The molecule has 0 bridgehead atoms. The van der Waals surface area contributed by atoms with Gasteiger partial charge in [0.05, 0.1) is 11.5 Å². The molecule has 8 heteroatoms. The Hall–Kier alpha value is -2.09. The normalized spacial score (nSPS) is 19.9. The molecule has 2 unspecified atom stereocenters. The molecule has 1 aromatic carbocycles. The van der Waals surface area contributed by atoms with E-state index in [-0.39, 0.29) is 23.5 Å². The SMILES string of the molecule is CN(C(=O)C(Cc1ccccc1)NC(=O)OC(C)(C)C)C1CCS(=O)(=O)C1. The first-order chi connectivity index (χ1) is 12.5. The van der Waals surface area contributed by atoms with Crippen LogP contribution in [0.15, 0.2) is 30.3 Å². The summed E-state index contributed by atoms with van der Waals surface area (Å²) in [5, 5.41) is 2.65. The van der Waals surface area contributed by atoms with E-state index in [2.05, 4.69) is 5.32 Å². The summed E-state index contributed by atoms with van der Waals surface area (Å²) in [4.78, 5) is 26.7. The molecule has 27 heavy (non-hydrogen) atoms. The molecule has 1 aliphatic heterocycles. The molecular formula is C19H28N2O5S. The van der Waals surface area contributed by atoms with E-state index in [1.165, 1.54) is 4.90 Å². The summed E-state index contributed by atoms with van der Waals surface area (Å²) in [7, 11) is -1.53. The number of hydrogen-bond donors (Lipinski definition) is 1. The lowest BCUT2D eigenvalue weighted by Gasteiger charge is -2.29. The number of rotatable bonds is 5. The van der Waals surface area contributed by atoms with Crippen molar-refractivity contribution in [3.8, 4) is 0 Å². The Morgan fingerprint density at radius 1 is 1.26 bits per heavy atom. The molecule has 0 aromatic heterocycles. The van der Waals surface area contributed by atoms with Crippen molar-refractivity contribution in [2.75, 3.05) is 18.6 Å². The van der Waals surface area contributed by atoms with Crippen LogP contribution in [-0.4, -0.2) is 61.6 Å². The van der Waals surface area contributed by atoms with Crippen LogP contribution < -0.4 is 5.32 Å². The molecule has 1 saturated heterocycles. The molecule has 2 rings (SSSR count). The molecule has 1 fully saturated rings. The predicted octanol–water partition coefficient (Wildman–Crippen LogP) is 1.77. The third-order valence-corrected chi connectivity index (χ3v) is 6.13. The first-order valence-corrected chi connectivity index (χ1v) is 10.8. The van der Waals surface area contributed by atoms with Crippen molar-refractivity contribution in [2.24, 2.45) is 0 Å². The summed E-state index contributed by atoms with van der Waals surface area (Å²) < 4.78 is 28.7. The first-order valence-electron chi connectivity index (χ1n) is 8.97. The number of likely N-dealkylation sites (N-methyl/N-ethyl adjacent to an activating group) is 1. The third-order valence-electron chi connectivity index (χ3n) is 4.38. The van der Waals surface area contributed by atoms with Crippen LogP contribution in [-0.2, 0) is 25.8 Å². The minimum atomic E-state index is -3.11. The Morgan fingerprint density at radius 2 is 1.89 bits per heavy atom. The number of alkyl carbamates (subject to hydrolysis) is 1. The van der Waals surface area contributed by atoms with E-state index in [0.29, 0.717) is 12.8 Å². The van der Waals surface area contributed by atoms with Gasteiger partial charge in [-0.15, -0.1) is 0 Å². The average molecular weight is 397 g/mol. The van der Waals surface area contributed by atoms with Crippen LogP contribution in [0, 0.1) is 0 Å². The number of hydrogen-bond acceptors (Lipinski definition) is 5. The standard InChI is InChI=1S/C19H28N2O5S/c1-19(2,3)26-18(23)20-16(12-14-8-6-5-7-9-14)17(22)21(4)15-10-11-27(24,25)13-15/h5-9,15-16H,10-13H2,1-4H3,(H,20,23). The highest BCUT2D eigenvalue weighted by Gasteiger charge is 2.36. The number of carbonyl (C=O) groups is 2. The molecule has 1 aromatic rings. The van der Waals surface area contributed by atoms with Crippen molar-refractivity contribution < 1.29 is 22.7 Å². The summed E-state index contributed by atoms with van der Waals surface area (Å²) >= 11 is 0. The van der Waals surface area contributed by atoms with Crippen molar-refractivity contribution in [1.82, 2.24) is 10.2 Å². The molecule has 1 N–H and O–H groups in total. The summed E-state index contributed by atoms with van der Waals surface area (Å²) in [5.41, 5.74) is 0.204. The minimum Gasteiger partial charge on any atom is -0.444 e. The molecule has 1 heterocycles. The van der Waals surface area contributed by atoms with Gasteiger partial charge in [0.25, 0.3) is 0 Å². The van der Waals surface area contributed by atoms with Gasteiger partial charge in [0.2, 0.25) is 5.91 Å². The van der Waals surface area contributed by atoms with Gasteiger partial charge in [-0.05, 0) is 32.8 Å². The number of sulfone groups is 1. The van der Waals surface area contributed by atoms with E-state index in [1.54, 1.807) is 27.8 Å². The topological polar surface area (TPSA) is 92.8 Å². The molecule has 1 aliphatic rings. The highest BCUT2D eigenvalue weighted by Crippen LogP contribution is 2.18. The maximum Gasteiger partial charge on any atom is 0.408 e. The molecule has 0 radical (unpaired) electrons. The van der Waals surface area contributed by atoms with Crippen LogP contribution >= 0.6 is 0 Å². The minimum absolute atomic E-state index is 0.0419. The maximum atomic E-state index is 13.0. The average Bonchev–Trinajstić information content (AvgIpc) is 2.92. The highest BCUT2D eigenvalue weighted by atomic mass is 32.2. The van der Waals surface area contributed by atoms with Crippen molar-refractivity contribution in [1.29, 1.82) is 0 Å². The molecule has 7 nitrogen and oxygen atoms in total. The second-order valence-electron chi connectivity index (χ2n) is 7.89. The van der Waals surface area contributed by atoms with Crippen LogP contribution in [0.4, 0.5) is 4.79 Å². The lowest BCUT2D eigenvalue weighted by atomic mass is 10.0. The second kappa shape index (κ2) is 8.29. The lowest BCUT2D eigenvalue weighted by Crippen LogP contribution is -2.52. The quantitative estimate of drug-likeness (QED) is 0.819. The van der Waals surface area contributed by atoms with Gasteiger partial charge in [-0.3, -0.25) is 4.79 Å². The van der Waals surface area contributed by atoms with E-state index in [1.807, 2.05) is 30.3 Å². The second-order valence-corrected chi connectivity index (χ2v) is 10.1. The van der Waals surface area contributed by atoms with Crippen LogP contribution in [0.25, 0.3) is 0 Å². The van der Waals surface area contributed by atoms with Gasteiger partial charge in [0, 0.05) is 19.5 Å². The summed E-state index contributed by atoms with van der Waals surface area (Å²) in [6.45, 7) is 5.24. The molecular weight excluding hydrogens is 368 g/mol. The monoisotopic (exact) mass is 396 g/mol. The smallest absolute Gasteiger partial charge is 0.408 e. The fourth-order valence-corrected chi connectivity index (χ4v) is 4.78. The number of carbonyl (C=O) groups excluding carboxylic acids is 2. The maximum absolute atomic E-state index is 13.0. The summed E-state index contributed by atoms with van der Waals surface area (Å²) in [6, 6.07) is 8.12. The van der Waals surface area contributed by atoms with Gasteiger partial charge in [-0.2, -0.15) is 0 Å². The Kier molecular flexibility index (Phi) is 6.51. The zero-order chi connectivity index (χ0) is 20.2. The van der Waals surface area contributed by atoms with Crippen molar-refractivity contribution in [3.05, 3.63) is 35.9 Å². The van der Waals surface area contributed by atoms with Crippen molar-refractivity contribution >= 4 is 21.8 Å². The number of ether oxygens (including phenoxy) is 1. The lowest BCUT2D eigenvalue weighted by molar-refractivity contribution is -0.133. The van der Waals surface area contributed by atoms with Crippen molar-refractivity contribution in [3.63, 3.8) is 0 Å². The van der Waals surface area contributed by atoms with Crippen LogP contribution in [0.3, 0.4) is 0 Å². The van der Waals surface area contributed by atoms with Gasteiger partial charge in [0.15, 0.2) is 9.84 Å². The largest absolute Gasteiger partial charge is 0.444 e.